The van der Waals surface area contributed by atoms with Crippen molar-refractivity contribution in [2.24, 2.45) is 0 Å². The van der Waals surface area contributed by atoms with Gasteiger partial charge >= 0.3 is 12.1 Å². The van der Waals surface area contributed by atoms with Crippen LogP contribution >= 0.6 is 0 Å². The van der Waals surface area contributed by atoms with Crippen molar-refractivity contribution < 1.29 is 24.5 Å². The summed E-state index contributed by atoms with van der Waals surface area (Å²) in [5.41, 5.74) is 0.825. The minimum atomic E-state index is -1.28. The van der Waals surface area contributed by atoms with E-state index < -0.39 is 24.2 Å². The Morgan fingerprint density at radius 1 is 1.33 bits per heavy atom. The second-order valence-electron chi connectivity index (χ2n) is 5.20. The number of hydrogen-bond acceptors (Lipinski definition) is 4. The van der Waals surface area contributed by atoms with Crippen molar-refractivity contribution in [3.8, 4) is 0 Å². The third-order valence-electron chi connectivity index (χ3n) is 3.37. The van der Waals surface area contributed by atoms with Crippen LogP contribution in [0.15, 0.2) is 30.3 Å². The van der Waals surface area contributed by atoms with Gasteiger partial charge in [0.25, 0.3) is 0 Å². The van der Waals surface area contributed by atoms with E-state index in [9.17, 15) is 19.8 Å². The Bertz CT molecular complexity index is 498. The Morgan fingerprint density at radius 2 is 1.95 bits per heavy atom. The van der Waals surface area contributed by atoms with Crippen LogP contribution in [-0.4, -0.2) is 45.4 Å². The molecule has 1 fully saturated rings. The Morgan fingerprint density at radius 3 is 2.43 bits per heavy atom. The minimum absolute atomic E-state index is 0.0784. The van der Waals surface area contributed by atoms with Gasteiger partial charge in [-0.15, -0.1) is 0 Å². The molecule has 0 heterocycles. The SMILES string of the molecule is C[C@@H](O)[C@@H](C(=O)O)N(C(=O)OCc1ccccc1)C1CC1. The van der Waals surface area contributed by atoms with Crippen LogP contribution in [0, 0.1) is 0 Å². The molecule has 1 saturated carbocycles. The van der Waals surface area contributed by atoms with Crippen LogP contribution in [0.2, 0.25) is 0 Å². The zero-order valence-corrected chi connectivity index (χ0v) is 11.8. The summed E-state index contributed by atoms with van der Waals surface area (Å²) in [4.78, 5) is 24.6. The number of aliphatic carboxylic acids is 1. The van der Waals surface area contributed by atoms with Gasteiger partial charge in [0, 0.05) is 6.04 Å². The van der Waals surface area contributed by atoms with Gasteiger partial charge in [-0.1, -0.05) is 30.3 Å². The lowest BCUT2D eigenvalue weighted by Crippen LogP contribution is -2.52. The van der Waals surface area contributed by atoms with Gasteiger partial charge in [0.05, 0.1) is 6.10 Å². The number of carbonyl (C=O) groups is 2. The number of aliphatic hydroxyl groups excluding tert-OH is 1. The van der Waals surface area contributed by atoms with Crippen molar-refractivity contribution in [1.82, 2.24) is 4.90 Å². The molecular formula is C15H19NO5. The summed E-state index contributed by atoms with van der Waals surface area (Å²) in [5.74, 6) is -1.23. The summed E-state index contributed by atoms with van der Waals surface area (Å²) < 4.78 is 5.19. The van der Waals surface area contributed by atoms with Crippen molar-refractivity contribution in [3.05, 3.63) is 35.9 Å². The van der Waals surface area contributed by atoms with E-state index in [1.807, 2.05) is 30.3 Å². The average molecular weight is 293 g/mol. The van der Waals surface area contributed by atoms with E-state index in [-0.39, 0.29) is 12.6 Å². The fourth-order valence-corrected chi connectivity index (χ4v) is 2.19. The van der Waals surface area contributed by atoms with Crippen LogP contribution in [-0.2, 0) is 16.1 Å². The van der Waals surface area contributed by atoms with E-state index in [2.05, 4.69) is 0 Å². The molecule has 6 nitrogen and oxygen atoms in total. The van der Waals surface area contributed by atoms with Crippen LogP contribution in [0.1, 0.15) is 25.3 Å². The van der Waals surface area contributed by atoms with Crippen LogP contribution < -0.4 is 0 Å². The number of rotatable bonds is 6. The summed E-state index contributed by atoms with van der Waals surface area (Å²) in [6.07, 6.45) is -0.393. The van der Waals surface area contributed by atoms with E-state index in [1.165, 1.54) is 6.92 Å². The minimum Gasteiger partial charge on any atom is -0.480 e. The molecule has 1 aromatic rings. The first kappa shape index (κ1) is 15.3. The molecule has 0 spiro atoms. The van der Waals surface area contributed by atoms with Crippen LogP contribution in [0.3, 0.4) is 0 Å². The topological polar surface area (TPSA) is 87.1 Å². The Kier molecular flexibility index (Phi) is 4.80. The summed E-state index contributed by atoms with van der Waals surface area (Å²) in [7, 11) is 0. The molecule has 0 aliphatic heterocycles. The summed E-state index contributed by atoms with van der Waals surface area (Å²) in [6.45, 7) is 1.44. The Balaban J connectivity index is 2.04. The van der Waals surface area contributed by atoms with E-state index in [1.54, 1.807) is 0 Å². The van der Waals surface area contributed by atoms with Crippen molar-refractivity contribution in [2.45, 2.75) is 44.6 Å². The number of carboxylic acid groups (broad SMARTS) is 1. The monoisotopic (exact) mass is 293 g/mol. The third kappa shape index (κ3) is 3.95. The molecule has 6 heteroatoms. The highest BCUT2D eigenvalue weighted by Crippen LogP contribution is 2.30. The van der Waals surface area contributed by atoms with Gasteiger partial charge in [-0.25, -0.2) is 9.59 Å². The molecule has 0 saturated heterocycles. The molecule has 1 aliphatic carbocycles. The van der Waals surface area contributed by atoms with Gasteiger partial charge in [0.2, 0.25) is 0 Å². The first-order valence-corrected chi connectivity index (χ1v) is 6.90. The highest BCUT2D eigenvalue weighted by Gasteiger charge is 2.43. The first-order valence-electron chi connectivity index (χ1n) is 6.90. The Hall–Kier alpha value is -2.08. The van der Waals surface area contributed by atoms with Gasteiger partial charge in [-0.2, -0.15) is 0 Å². The molecule has 0 radical (unpaired) electrons. The molecule has 114 valence electrons. The van der Waals surface area contributed by atoms with Crippen molar-refractivity contribution in [1.29, 1.82) is 0 Å². The smallest absolute Gasteiger partial charge is 0.411 e. The van der Waals surface area contributed by atoms with E-state index in [0.717, 1.165) is 23.3 Å². The van der Waals surface area contributed by atoms with Crippen molar-refractivity contribution >= 4 is 12.1 Å². The molecule has 2 atom stereocenters. The lowest BCUT2D eigenvalue weighted by Gasteiger charge is -2.29. The number of benzene rings is 1. The predicted molar refractivity (Wildman–Crippen MR) is 74.6 cm³/mol. The number of aliphatic hydroxyl groups is 1. The van der Waals surface area contributed by atoms with Gasteiger partial charge in [0.15, 0.2) is 6.04 Å². The number of carbonyl (C=O) groups excluding carboxylic acids is 1. The number of ether oxygens (including phenoxy) is 1. The predicted octanol–water partition coefficient (Wildman–Crippen LogP) is 1.62. The second-order valence-corrected chi connectivity index (χ2v) is 5.20. The van der Waals surface area contributed by atoms with Gasteiger partial charge in [-0.05, 0) is 25.3 Å². The maximum atomic E-state index is 12.2. The molecule has 0 unspecified atom stereocenters. The maximum Gasteiger partial charge on any atom is 0.411 e. The molecule has 1 amide bonds. The zero-order chi connectivity index (χ0) is 15.4. The standard InChI is InChI=1S/C15H19NO5/c1-10(17)13(14(18)19)16(12-7-8-12)15(20)21-9-11-5-3-2-4-6-11/h2-6,10,12-13,17H,7-9H2,1H3,(H,18,19)/t10-,13+/m1/s1. The quantitative estimate of drug-likeness (QED) is 0.832. The molecular weight excluding hydrogens is 274 g/mol. The van der Waals surface area contributed by atoms with Gasteiger partial charge in [0.1, 0.15) is 6.61 Å². The fourth-order valence-electron chi connectivity index (χ4n) is 2.19. The van der Waals surface area contributed by atoms with Crippen molar-refractivity contribution in [3.63, 3.8) is 0 Å². The average Bonchev–Trinajstić information content (AvgIpc) is 3.26. The van der Waals surface area contributed by atoms with E-state index in [0.29, 0.717) is 0 Å². The second kappa shape index (κ2) is 6.58. The molecule has 0 aromatic heterocycles. The summed E-state index contributed by atoms with van der Waals surface area (Å²) >= 11 is 0. The van der Waals surface area contributed by atoms with Crippen LogP contribution in [0.25, 0.3) is 0 Å². The number of carboxylic acids is 1. The third-order valence-corrected chi connectivity index (χ3v) is 3.37. The fraction of sp³-hybridized carbons (Fsp3) is 0.467. The van der Waals surface area contributed by atoms with Crippen LogP contribution in [0.4, 0.5) is 4.79 Å². The largest absolute Gasteiger partial charge is 0.480 e. The number of nitrogens with zero attached hydrogens (tertiary/aromatic N) is 1. The highest BCUT2D eigenvalue weighted by molar-refractivity contribution is 5.81. The van der Waals surface area contributed by atoms with Crippen molar-refractivity contribution in [2.75, 3.05) is 0 Å². The first-order chi connectivity index (χ1) is 10.0. The molecule has 1 aliphatic rings. The highest BCUT2D eigenvalue weighted by atomic mass is 16.6. The molecule has 21 heavy (non-hydrogen) atoms. The molecule has 1 aromatic carbocycles. The number of amides is 1. The molecule has 0 bridgehead atoms. The lowest BCUT2D eigenvalue weighted by atomic mass is 10.1. The summed E-state index contributed by atoms with van der Waals surface area (Å²) in [5, 5.41) is 18.8. The normalized spacial score (nSPS) is 16.9. The molecule has 2 N–H and O–H groups in total. The molecule has 2 rings (SSSR count). The maximum absolute atomic E-state index is 12.2. The van der Waals surface area contributed by atoms with Gasteiger partial charge in [-0.3, -0.25) is 4.90 Å². The number of hydrogen-bond donors (Lipinski definition) is 2. The summed E-state index contributed by atoms with van der Waals surface area (Å²) in [6, 6.07) is 7.71. The van der Waals surface area contributed by atoms with E-state index in [4.69, 9.17) is 4.74 Å². The Labute approximate surface area is 122 Å². The lowest BCUT2D eigenvalue weighted by molar-refractivity contribution is -0.147. The van der Waals surface area contributed by atoms with Gasteiger partial charge < -0.3 is 14.9 Å². The van der Waals surface area contributed by atoms with Crippen LogP contribution in [0.5, 0.6) is 0 Å². The van der Waals surface area contributed by atoms with E-state index >= 15 is 0 Å². The zero-order valence-electron chi connectivity index (χ0n) is 11.8.